The van der Waals surface area contributed by atoms with Gasteiger partial charge in [-0.05, 0) is 40.8 Å². The lowest BCUT2D eigenvalue weighted by molar-refractivity contribution is -0.174. The molecule has 2 aromatic carbocycles. The third-order valence-corrected chi connectivity index (χ3v) is 7.60. The molecule has 0 spiro atoms. The Hall–Kier alpha value is -3.61. The lowest BCUT2D eigenvalue weighted by Crippen LogP contribution is -2.49. The quantitative estimate of drug-likeness (QED) is 0.564. The number of carbonyl (C=O) groups excluding carboxylic acids is 3. The van der Waals surface area contributed by atoms with Crippen molar-refractivity contribution in [1.82, 2.24) is 15.8 Å². The summed E-state index contributed by atoms with van der Waals surface area (Å²) >= 11 is 0. The highest BCUT2D eigenvalue weighted by molar-refractivity contribution is 7.91. The fraction of sp³-hybridized carbons (Fsp3) is 0.400. The number of halogens is 3. The van der Waals surface area contributed by atoms with E-state index in [0.717, 1.165) is 5.56 Å². The SMILES string of the molecule is CC(C)(C)c1ccc(N(Cc2ccc(C(=O)NNC(=O)C(F)(F)F)cc2)C(=O)N2CCS(=O)(=O)CC2)cc1. The minimum Gasteiger partial charge on any atom is -0.322 e. The third kappa shape index (κ3) is 7.46. The molecule has 0 unspecified atom stereocenters. The second-order valence-electron chi connectivity index (χ2n) is 9.91. The summed E-state index contributed by atoms with van der Waals surface area (Å²) < 4.78 is 60.6. The molecule has 1 saturated heterocycles. The number of carbonyl (C=O) groups is 3. The van der Waals surface area contributed by atoms with E-state index in [1.54, 1.807) is 5.43 Å². The largest absolute Gasteiger partial charge is 0.472 e. The molecule has 4 amide bonds. The summed E-state index contributed by atoms with van der Waals surface area (Å²) in [6.07, 6.45) is -5.14. The van der Waals surface area contributed by atoms with Gasteiger partial charge >= 0.3 is 18.1 Å². The van der Waals surface area contributed by atoms with Gasteiger partial charge in [-0.1, -0.05) is 45.0 Å². The van der Waals surface area contributed by atoms with Crippen LogP contribution < -0.4 is 15.8 Å². The molecular weight excluding hydrogens is 525 g/mol. The van der Waals surface area contributed by atoms with E-state index in [0.29, 0.717) is 11.3 Å². The third-order valence-electron chi connectivity index (χ3n) is 5.99. The first kappa shape index (κ1) is 29.0. The highest BCUT2D eigenvalue weighted by Gasteiger charge is 2.39. The van der Waals surface area contributed by atoms with Crippen LogP contribution in [0.25, 0.3) is 0 Å². The molecule has 1 heterocycles. The maximum absolute atomic E-state index is 13.5. The van der Waals surface area contributed by atoms with Crippen LogP contribution in [0.4, 0.5) is 23.7 Å². The Labute approximate surface area is 218 Å². The van der Waals surface area contributed by atoms with Crippen molar-refractivity contribution in [3.8, 4) is 0 Å². The number of anilines is 1. The zero-order valence-corrected chi connectivity index (χ0v) is 21.9. The van der Waals surface area contributed by atoms with Gasteiger partial charge in [0.1, 0.15) is 0 Å². The molecule has 206 valence electrons. The van der Waals surface area contributed by atoms with Gasteiger partial charge < -0.3 is 4.90 Å². The summed E-state index contributed by atoms with van der Waals surface area (Å²) in [7, 11) is -3.19. The number of urea groups is 1. The molecule has 0 radical (unpaired) electrons. The van der Waals surface area contributed by atoms with Crippen LogP contribution in [0.15, 0.2) is 48.5 Å². The first-order chi connectivity index (χ1) is 17.6. The van der Waals surface area contributed by atoms with E-state index in [1.807, 2.05) is 24.3 Å². The zero-order chi connectivity index (χ0) is 28.3. The van der Waals surface area contributed by atoms with E-state index in [9.17, 15) is 36.0 Å². The maximum atomic E-state index is 13.5. The number of hydrogen-bond donors (Lipinski definition) is 2. The van der Waals surface area contributed by atoms with E-state index < -0.39 is 27.8 Å². The van der Waals surface area contributed by atoms with Crippen LogP contribution in [-0.4, -0.2) is 61.9 Å². The Morgan fingerprint density at radius 1 is 0.895 bits per heavy atom. The molecule has 1 aliphatic heterocycles. The molecule has 0 bridgehead atoms. The van der Waals surface area contributed by atoms with Crippen molar-refractivity contribution in [1.29, 1.82) is 0 Å². The van der Waals surface area contributed by atoms with Gasteiger partial charge in [-0.15, -0.1) is 0 Å². The Balaban J connectivity index is 1.79. The van der Waals surface area contributed by atoms with Gasteiger partial charge in [0.25, 0.3) is 5.91 Å². The van der Waals surface area contributed by atoms with Gasteiger partial charge in [0, 0.05) is 24.3 Å². The zero-order valence-electron chi connectivity index (χ0n) is 21.1. The predicted octanol–water partition coefficient (Wildman–Crippen LogP) is 3.16. The summed E-state index contributed by atoms with van der Waals surface area (Å²) in [4.78, 5) is 39.4. The first-order valence-corrected chi connectivity index (χ1v) is 13.5. The molecule has 2 aromatic rings. The fourth-order valence-corrected chi connectivity index (χ4v) is 4.89. The monoisotopic (exact) mass is 554 g/mol. The molecule has 9 nitrogen and oxygen atoms in total. The van der Waals surface area contributed by atoms with Crippen molar-refractivity contribution < 1.29 is 36.0 Å². The molecular formula is C25H29F3N4O5S. The van der Waals surface area contributed by atoms with Gasteiger partial charge in [-0.2, -0.15) is 13.2 Å². The molecule has 13 heteroatoms. The van der Waals surface area contributed by atoms with Crippen molar-refractivity contribution in [2.75, 3.05) is 29.5 Å². The van der Waals surface area contributed by atoms with Crippen molar-refractivity contribution in [3.63, 3.8) is 0 Å². The number of amides is 4. The number of nitrogens with one attached hydrogen (secondary N) is 2. The molecule has 1 aliphatic rings. The van der Waals surface area contributed by atoms with Crippen molar-refractivity contribution in [3.05, 3.63) is 65.2 Å². The summed E-state index contributed by atoms with van der Waals surface area (Å²) in [6.45, 7) is 6.41. The van der Waals surface area contributed by atoms with Crippen LogP contribution in [0, 0.1) is 0 Å². The minimum absolute atomic E-state index is 0.00938. The Morgan fingerprint density at radius 3 is 1.95 bits per heavy atom. The van der Waals surface area contributed by atoms with E-state index in [4.69, 9.17) is 0 Å². The Kier molecular flexibility index (Phi) is 8.39. The predicted molar refractivity (Wildman–Crippen MR) is 135 cm³/mol. The second-order valence-corrected chi connectivity index (χ2v) is 12.2. The molecule has 3 rings (SSSR count). The molecule has 1 fully saturated rings. The lowest BCUT2D eigenvalue weighted by atomic mass is 9.87. The average Bonchev–Trinajstić information content (AvgIpc) is 2.84. The number of hydrogen-bond acceptors (Lipinski definition) is 5. The standard InChI is InChI=1S/C25H29F3N4O5S/c1-24(2,3)19-8-10-20(11-9-19)32(23(35)31-12-14-38(36,37)15-13-31)16-17-4-6-18(7-5-17)21(33)29-30-22(34)25(26,27)28/h4-11H,12-16H2,1-3H3,(H,29,33)(H,30,34). The Bertz CT molecular complexity index is 1270. The topological polar surface area (TPSA) is 116 Å². The number of benzene rings is 2. The summed E-state index contributed by atoms with van der Waals surface area (Å²) in [5.74, 6) is -3.50. The van der Waals surface area contributed by atoms with Crippen molar-refractivity contribution in [2.24, 2.45) is 0 Å². The molecule has 38 heavy (non-hydrogen) atoms. The van der Waals surface area contributed by atoms with Crippen LogP contribution >= 0.6 is 0 Å². The Morgan fingerprint density at radius 2 is 1.45 bits per heavy atom. The second kappa shape index (κ2) is 11.0. The van der Waals surface area contributed by atoms with Gasteiger partial charge in [-0.25, -0.2) is 13.2 Å². The number of nitrogens with zero attached hydrogens (tertiary/aromatic N) is 2. The lowest BCUT2D eigenvalue weighted by Gasteiger charge is -2.33. The highest BCUT2D eigenvalue weighted by Crippen LogP contribution is 2.27. The van der Waals surface area contributed by atoms with Crippen LogP contribution in [0.5, 0.6) is 0 Å². The molecule has 2 N–H and O–H groups in total. The molecule has 0 saturated carbocycles. The van der Waals surface area contributed by atoms with E-state index in [-0.39, 0.29) is 48.1 Å². The van der Waals surface area contributed by atoms with Gasteiger partial charge in [0.15, 0.2) is 9.84 Å². The first-order valence-electron chi connectivity index (χ1n) is 11.7. The summed E-state index contributed by atoms with van der Waals surface area (Å²) in [5.41, 5.74) is 5.14. The molecule has 0 atom stereocenters. The van der Waals surface area contributed by atoms with Crippen LogP contribution in [0.2, 0.25) is 0 Å². The smallest absolute Gasteiger partial charge is 0.322 e. The summed E-state index contributed by atoms with van der Waals surface area (Å²) in [5, 5.41) is 0. The van der Waals surface area contributed by atoms with E-state index >= 15 is 0 Å². The number of rotatable bonds is 4. The van der Waals surface area contributed by atoms with E-state index in [1.165, 1.54) is 39.5 Å². The van der Waals surface area contributed by atoms with Gasteiger partial charge in [-0.3, -0.25) is 25.3 Å². The van der Waals surface area contributed by atoms with Crippen LogP contribution in [-0.2, 0) is 26.6 Å². The highest BCUT2D eigenvalue weighted by atomic mass is 32.2. The van der Waals surface area contributed by atoms with Crippen LogP contribution in [0.1, 0.15) is 42.3 Å². The maximum Gasteiger partial charge on any atom is 0.472 e. The molecule has 0 aliphatic carbocycles. The normalized spacial score (nSPS) is 15.5. The number of alkyl halides is 3. The van der Waals surface area contributed by atoms with E-state index in [2.05, 4.69) is 20.8 Å². The number of hydrazine groups is 1. The fourth-order valence-electron chi connectivity index (χ4n) is 3.69. The van der Waals surface area contributed by atoms with Crippen LogP contribution in [0.3, 0.4) is 0 Å². The molecule has 0 aromatic heterocycles. The van der Waals surface area contributed by atoms with Crippen molar-refractivity contribution >= 4 is 33.4 Å². The number of sulfone groups is 1. The minimum atomic E-state index is -5.14. The average molecular weight is 555 g/mol. The van der Waals surface area contributed by atoms with Crippen molar-refractivity contribution in [2.45, 2.75) is 38.9 Å². The summed E-state index contributed by atoms with van der Waals surface area (Å²) in [6, 6.07) is 12.8. The van der Waals surface area contributed by atoms with Gasteiger partial charge in [0.2, 0.25) is 0 Å². The van der Waals surface area contributed by atoms with Gasteiger partial charge in [0.05, 0.1) is 18.1 Å².